The molecule has 0 radical (unpaired) electrons. The quantitative estimate of drug-likeness (QED) is 0.430. The number of nitrogens with zero attached hydrogens (tertiary/aromatic N) is 2. The van der Waals surface area contributed by atoms with Crippen molar-refractivity contribution < 1.29 is 14.3 Å². The van der Waals surface area contributed by atoms with Crippen LogP contribution in [0.2, 0.25) is 0 Å². The van der Waals surface area contributed by atoms with E-state index in [9.17, 15) is 9.59 Å². The molecule has 1 amide bonds. The molecule has 2 aromatic carbocycles. The molecular weight excluding hydrogens is 362 g/mol. The maximum absolute atomic E-state index is 12.3. The van der Waals surface area contributed by atoms with Crippen LogP contribution in [0.3, 0.4) is 0 Å². The minimum Gasteiger partial charge on any atom is -0.452 e. The molecule has 0 aliphatic carbocycles. The van der Waals surface area contributed by atoms with Crippen molar-refractivity contribution in [2.24, 2.45) is 0 Å². The van der Waals surface area contributed by atoms with Crippen molar-refractivity contribution in [1.82, 2.24) is 5.32 Å². The molecule has 2 rings (SSSR count). The third-order valence-electron chi connectivity index (χ3n) is 3.48. The minimum absolute atomic E-state index is 0.203. The van der Waals surface area contributed by atoms with Gasteiger partial charge in [-0.1, -0.05) is 24.3 Å². The molecule has 0 aliphatic heterocycles. The molecule has 0 spiro atoms. The van der Waals surface area contributed by atoms with E-state index in [0.29, 0.717) is 16.9 Å². The van der Waals surface area contributed by atoms with E-state index in [-0.39, 0.29) is 19.6 Å². The highest BCUT2D eigenvalue weighted by Crippen LogP contribution is 2.27. The Bertz CT molecular complexity index is 883. The van der Waals surface area contributed by atoms with Gasteiger partial charge >= 0.3 is 5.97 Å². The van der Waals surface area contributed by atoms with E-state index in [0.717, 1.165) is 10.5 Å². The van der Waals surface area contributed by atoms with E-state index >= 15 is 0 Å². The highest BCUT2D eigenvalue weighted by Gasteiger charge is 2.14. The van der Waals surface area contributed by atoms with Crippen LogP contribution in [-0.2, 0) is 15.3 Å². The van der Waals surface area contributed by atoms with E-state index in [1.54, 1.807) is 24.3 Å². The van der Waals surface area contributed by atoms with E-state index < -0.39 is 11.9 Å². The molecule has 136 valence electrons. The molecule has 2 aromatic rings. The molecule has 7 heteroatoms. The predicted molar refractivity (Wildman–Crippen MR) is 101 cm³/mol. The van der Waals surface area contributed by atoms with E-state index in [1.807, 2.05) is 30.3 Å². The number of thioether (sulfide) groups is 1. The molecule has 0 bridgehead atoms. The average molecular weight is 379 g/mol. The van der Waals surface area contributed by atoms with E-state index in [1.165, 1.54) is 11.8 Å². The number of rotatable bonds is 8. The van der Waals surface area contributed by atoms with Gasteiger partial charge in [0.25, 0.3) is 5.91 Å². The van der Waals surface area contributed by atoms with Crippen LogP contribution >= 0.6 is 11.8 Å². The van der Waals surface area contributed by atoms with Gasteiger partial charge in [0.1, 0.15) is 0 Å². The van der Waals surface area contributed by atoms with E-state index in [2.05, 4.69) is 11.4 Å². The van der Waals surface area contributed by atoms with Gasteiger partial charge in [0.15, 0.2) is 6.61 Å². The lowest BCUT2D eigenvalue weighted by Crippen LogP contribution is -2.29. The lowest BCUT2D eigenvalue weighted by molar-refractivity contribution is -0.124. The first-order chi connectivity index (χ1) is 13.1. The molecule has 27 heavy (non-hydrogen) atoms. The van der Waals surface area contributed by atoms with Crippen LogP contribution in [0.1, 0.15) is 27.9 Å². The molecule has 0 fully saturated rings. The maximum Gasteiger partial charge on any atom is 0.339 e. The zero-order valence-electron chi connectivity index (χ0n) is 14.5. The summed E-state index contributed by atoms with van der Waals surface area (Å²) in [4.78, 5) is 24.6. The fourth-order valence-electron chi connectivity index (χ4n) is 2.12. The largest absolute Gasteiger partial charge is 0.452 e. The summed E-state index contributed by atoms with van der Waals surface area (Å²) in [5.41, 5.74) is 2.01. The van der Waals surface area contributed by atoms with Gasteiger partial charge in [0.05, 0.1) is 29.7 Å². The molecule has 0 unspecified atom stereocenters. The fourth-order valence-corrected chi connectivity index (χ4v) is 3.11. The number of nitriles is 2. The Kier molecular flexibility index (Phi) is 7.90. The van der Waals surface area contributed by atoms with Gasteiger partial charge in [-0.15, -0.1) is 11.8 Å². The van der Waals surface area contributed by atoms with Crippen LogP contribution < -0.4 is 5.32 Å². The highest BCUT2D eigenvalue weighted by molar-refractivity contribution is 7.98. The smallest absolute Gasteiger partial charge is 0.339 e. The predicted octanol–water partition coefficient (Wildman–Crippen LogP) is 3.04. The second-order valence-electron chi connectivity index (χ2n) is 5.43. The second kappa shape index (κ2) is 10.6. The van der Waals surface area contributed by atoms with Crippen LogP contribution in [0, 0.1) is 22.7 Å². The number of nitrogens with one attached hydrogen (secondary N) is 1. The Hall–Kier alpha value is -3.29. The van der Waals surface area contributed by atoms with Crippen LogP contribution in [0.25, 0.3) is 0 Å². The number of ether oxygens (including phenoxy) is 1. The first-order valence-electron chi connectivity index (χ1n) is 8.15. The summed E-state index contributed by atoms with van der Waals surface area (Å²) in [7, 11) is 0. The van der Waals surface area contributed by atoms with Crippen LogP contribution in [0.5, 0.6) is 0 Å². The number of amides is 1. The van der Waals surface area contributed by atoms with Crippen molar-refractivity contribution in [3.63, 3.8) is 0 Å². The molecule has 0 saturated heterocycles. The number of hydrogen-bond donors (Lipinski definition) is 1. The molecular formula is C20H17N3O3S. The minimum atomic E-state index is -0.576. The van der Waals surface area contributed by atoms with Crippen molar-refractivity contribution in [3.8, 4) is 12.1 Å². The first-order valence-corrected chi connectivity index (χ1v) is 9.14. The molecule has 1 N–H and O–H groups in total. The average Bonchev–Trinajstić information content (AvgIpc) is 2.71. The summed E-state index contributed by atoms with van der Waals surface area (Å²) < 4.78 is 5.06. The van der Waals surface area contributed by atoms with Crippen molar-refractivity contribution >= 4 is 23.6 Å². The van der Waals surface area contributed by atoms with Gasteiger partial charge in [-0.25, -0.2) is 4.79 Å². The summed E-state index contributed by atoms with van der Waals surface area (Å²) in [6, 6.07) is 18.3. The fraction of sp³-hybridized carbons (Fsp3) is 0.200. The molecule has 0 saturated carbocycles. The Balaban J connectivity index is 1.93. The lowest BCUT2D eigenvalue weighted by Gasteiger charge is -2.09. The zero-order valence-corrected chi connectivity index (χ0v) is 15.3. The Morgan fingerprint density at radius 1 is 1.07 bits per heavy atom. The standard InChI is InChI=1S/C20H17N3O3S/c21-10-3-11-23-19(24)13-26-20(25)17-4-1-2-5-18(17)27-14-16-8-6-15(12-22)7-9-16/h1-2,4-9H,3,11,13-14H2,(H,23,24). The summed E-state index contributed by atoms with van der Waals surface area (Å²) in [6.45, 7) is -0.164. The lowest BCUT2D eigenvalue weighted by atomic mass is 10.2. The third-order valence-corrected chi connectivity index (χ3v) is 4.62. The van der Waals surface area contributed by atoms with Crippen molar-refractivity contribution in [1.29, 1.82) is 10.5 Å². The molecule has 0 heterocycles. The van der Waals surface area contributed by atoms with Gasteiger partial charge in [0.2, 0.25) is 0 Å². The molecule has 0 aliphatic rings. The van der Waals surface area contributed by atoms with Gasteiger partial charge in [-0.3, -0.25) is 4.79 Å². The first kappa shape index (κ1) is 20.0. The van der Waals surface area contributed by atoms with Gasteiger partial charge in [-0.05, 0) is 29.8 Å². The van der Waals surface area contributed by atoms with Gasteiger partial charge in [-0.2, -0.15) is 10.5 Å². The number of esters is 1. The zero-order chi connectivity index (χ0) is 19.5. The summed E-state index contributed by atoms with van der Waals surface area (Å²) in [5.74, 6) is -0.389. The van der Waals surface area contributed by atoms with Gasteiger partial charge in [0, 0.05) is 17.2 Å². The van der Waals surface area contributed by atoms with E-state index in [4.69, 9.17) is 15.3 Å². The van der Waals surface area contributed by atoms with Crippen LogP contribution in [-0.4, -0.2) is 25.0 Å². The molecule has 0 aromatic heterocycles. The normalized spacial score (nSPS) is 9.70. The van der Waals surface area contributed by atoms with Crippen LogP contribution in [0.4, 0.5) is 0 Å². The highest BCUT2D eigenvalue weighted by atomic mass is 32.2. The second-order valence-corrected chi connectivity index (χ2v) is 6.44. The Morgan fingerprint density at radius 3 is 2.52 bits per heavy atom. The molecule has 6 nitrogen and oxygen atoms in total. The topological polar surface area (TPSA) is 103 Å². The number of carbonyl (C=O) groups excluding carboxylic acids is 2. The third kappa shape index (κ3) is 6.50. The van der Waals surface area contributed by atoms with Crippen molar-refractivity contribution in [2.75, 3.05) is 13.2 Å². The Morgan fingerprint density at radius 2 is 1.81 bits per heavy atom. The van der Waals surface area contributed by atoms with Crippen molar-refractivity contribution in [3.05, 3.63) is 65.2 Å². The number of benzene rings is 2. The summed E-state index contributed by atoms with van der Waals surface area (Å²) in [5, 5.41) is 19.8. The molecule has 0 atom stereocenters. The monoisotopic (exact) mass is 379 g/mol. The number of carbonyl (C=O) groups is 2. The summed E-state index contributed by atoms with van der Waals surface area (Å²) >= 11 is 1.47. The Labute approximate surface area is 161 Å². The SMILES string of the molecule is N#CCCNC(=O)COC(=O)c1ccccc1SCc1ccc(C#N)cc1. The number of hydrogen-bond acceptors (Lipinski definition) is 6. The maximum atomic E-state index is 12.3. The van der Waals surface area contributed by atoms with Gasteiger partial charge < -0.3 is 10.1 Å². The van der Waals surface area contributed by atoms with Crippen molar-refractivity contribution in [2.45, 2.75) is 17.1 Å². The summed E-state index contributed by atoms with van der Waals surface area (Å²) in [6.07, 6.45) is 0.203. The van der Waals surface area contributed by atoms with Crippen LogP contribution in [0.15, 0.2) is 53.4 Å².